The molecule has 0 aliphatic rings. The van der Waals surface area contributed by atoms with Gasteiger partial charge >= 0.3 is 12.1 Å². The number of carbonyl (C=O) groups is 2. The number of esters is 1. The summed E-state index contributed by atoms with van der Waals surface area (Å²) in [5.41, 5.74) is -1.82. The molecule has 0 aliphatic heterocycles. The summed E-state index contributed by atoms with van der Waals surface area (Å²) in [6.45, 7) is 0.594. The van der Waals surface area contributed by atoms with Crippen LogP contribution in [0.1, 0.15) is 27.8 Å². The average molecular weight is 535 g/mol. The first kappa shape index (κ1) is 26.2. The summed E-state index contributed by atoms with van der Waals surface area (Å²) in [5.74, 6) is -6.83. The lowest BCUT2D eigenvalue weighted by molar-refractivity contribution is -0.189. The summed E-state index contributed by atoms with van der Waals surface area (Å²) in [5, 5.41) is 0.776. The van der Waals surface area contributed by atoms with Crippen molar-refractivity contribution in [1.82, 2.24) is 4.98 Å². The molecular formula is C22H13Cl2F5N2O4. The predicted octanol–water partition coefficient (Wildman–Crippen LogP) is 6.47. The van der Waals surface area contributed by atoms with Crippen LogP contribution in [-0.2, 0) is 0 Å². The SMILES string of the molecule is C[C@H](Oc1c(OC(=O)c2ccccn2)cc(F)c(Cl)c1C(=O)Nc1c(F)cccc1Cl)C(F)(F)F. The van der Waals surface area contributed by atoms with E-state index >= 15 is 0 Å². The zero-order valence-electron chi connectivity index (χ0n) is 17.4. The van der Waals surface area contributed by atoms with Gasteiger partial charge in [0.1, 0.15) is 22.9 Å². The van der Waals surface area contributed by atoms with Gasteiger partial charge in [0.15, 0.2) is 17.6 Å². The summed E-state index contributed by atoms with van der Waals surface area (Å²) in [7, 11) is 0. The van der Waals surface area contributed by atoms with Gasteiger partial charge in [-0.2, -0.15) is 13.2 Å². The van der Waals surface area contributed by atoms with Crippen LogP contribution < -0.4 is 14.8 Å². The molecule has 0 radical (unpaired) electrons. The van der Waals surface area contributed by atoms with E-state index in [0.717, 1.165) is 6.07 Å². The van der Waals surface area contributed by atoms with Crippen LogP contribution in [0, 0.1) is 11.6 Å². The summed E-state index contributed by atoms with van der Waals surface area (Å²) in [6.07, 6.45) is -6.26. The second-order valence-electron chi connectivity index (χ2n) is 6.83. The second-order valence-corrected chi connectivity index (χ2v) is 7.62. The van der Waals surface area contributed by atoms with Crippen molar-refractivity contribution in [2.75, 3.05) is 5.32 Å². The second kappa shape index (κ2) is 10.4. The number of rotatable bonds is 6. The van der Waals surface area contributed by atoms with Crippen LogP contribution in [0.3, 0.4) is 0 Å². The molecule has 3 aromatic rings. The number of nitrogens with zero attached hydrogens (tertiary/aromatic N) is 1. The van der Waals surface area contributed by atoms with Gasteiger partial charge < -0.3 is 14.8 Å². The van der Waals surface area contributed by atoms with E-state index in [-0.39, 0.29) is 10.7 Å². The number of anilines is 1. The number of pyridine rings is 1. The number of hydrogen-bond acceptors (Lipinski definition) is 5. The minimum Gasteiger partial charge on any atom is -0.476 e. The first-order valence-corrected chi connectivity index (χ1v) is 10.3. The number of amides is 1. The Morgan fingerprint density at radius 2 is 1.77 bits per heavy atom. The van der Waals surface area contributed by atoms with Crippen molar-refractivity contribution in [3.63, 3.8) is 0 Å². The Kier molecular flexibility index (Phi) is 7.81. The van der Waals surface area contributed by atoms with Crippen LogP contribution in [0.4, 0.5) is 27.6 Å². The van der Waals surface area contributed by atoms with Gasteiger partial charge in [0.2, 0.25) is 0 Å². The standard InChI is InChI=1S/C22H13Cl2F5N2O4/c1-10(22(27,28)29)34-19-15(35-21(33)14-7-2-3-8-30-14)9-13(26)17(24)16(19)20(32)31-18-11(23)5-4-6-12(18)25/h2-10H,1H3,(H,31,32)/t10-/m0/s1. The molecule has 0 fully saturated rings. The first-order chi connectivity index (χ1) is 16.4. The van der Waals surface area contributed by atoms with Crippen LogP contribution >= 0.6 is 23.2 Å². The molecular weight excluding hydrogens is 522 g/mol. The van der Waals surface area contributed by atoms with E-state index in [0.29, 0.717) is 13.0 Å². The molecule has 13 heteroatoms. The Hall–Kier alpha value is -3.44. The van der Waals surface area contributed by atoms with E-state index < -0.39 is 63.6 Å². The van der Waals surface area contributed by atoms with Gasteiger partial charge in [0.25, 0.3) is 5.91 Å². The maximum Gasteiger partial charge on any atom is 0.425 e. The van der Waals surface area contributed by atoms with Crippen molar-refractivity contribution >= 4 is 40.8 Å². The lowest BCUT2D eigenvalue weighted by Crippen LogP contribution is -2.32. The maximum absolute atomic E-state index is 14.6. The number of halogens is 7. The largest absolute Gasteiger partial charge is 0.476 e. The monoisotopic (exact) mass is 534 g/mol. The molecule has 2 aromatic carbocycles. The lowest BCUT2D eigenvalue weighted by atomic mass is 10.1. The van der Waals surface area contributed by atoms with Crippen LogP contribution in [0.2, 0.25) is 10.0 Å². The van der Waals surface area contributed by atoms with Crippen molar-refractivity contribution < 1.29 is 41.0 Å². The van der Waals surface area contributed by atoms with E-state index in [1.54, 1.807) is 0 Å². The zero-order chi connectivity index (χ0) is 25.9. The fourth-order valence-corrected chi connectivity index (χ4v) is 3.09. The topological polar surface area (TPSA) is 77.5 Å². The average Bonchev–Trinajstić information content (AvgIpc) is 2.79. The highest BCUT2D eigenvalue weighted by Gasteiger charge is 2.40. The fraction of sp³-hybridized carbons (Fsp3) is 0.136. The summed E-state index contributed by atoms with van der Waals surface area (Å²) < 4.78 is 78.3. The van der Waals surface area contributed by atoms with Gasteiger partial charge in [-0.05, 0) is 31.2 Å². The van der Waals surface area contributed by atoms with Gasteiger partial charge in [0.05, 0.1) is 15.7 Å². The van der Waals surface area contributed by atoms with Gasteiger partial charge in [-0.15, -0.1) is 0 Å². The van der Waals surface area contributed by atoms with Crippen molar-refractivity contribution in [3.05, 3.63) is 81.6 Å². The third-order valence-corrected chi connectivity index (χ3v) is 5.08. The molecule has 1 N–H and O–H groups in total. The molecule has 1 aromatic heterocycles. The minimum atomic E-state index is -4.94. The molecule has 0 unspecified atom stereocenters. The number of nitrogens with one attached hydrogen (secondary N) is 1. The fourth-order valence-electron chi connectivity index (χ4n) is 2.65. The van der Waals surface area contributed by atoms with Crippen LogP contribution in [0.5, 0.6) is 11.5 Å². The molecule has 0 saturated carbocycles. The smallest absolute Gasteiger partial charge is 0.425 e. The summed E-state index contributed by atoms with van der Waals surface area (Å²) >= 11 is 11.8. The number of aromatic nitrogens is 1. The maximum atomic E-state index is 14.6. The van der Waals surface area contributed by atoms with Gasteiger partial charge in [-0.25, -0.2) is 18.6 Å². The molecule has 0 bridgehead atoms. The molecule has 3 rings (SSSR count). The number of hydrogen-bond donors (Lipinski definition) is 1. The molecule has 1 heterocycles. The number of benzene rings is 2. The van der Waals surface area contributed by atoms with Crippen molar-refractivity contribution in [3.8, 4) is 11.5 Å². The Balaban J connectivity index is 2.13. The van der Waals surface area contributed by atoms with Crippen LogP contribution in [-0.4, -0.2) is 29.1 Å². The van der Waals surface area contributed by atoms with Crippen molar-refractivity contribution in [2.24, 2.45) is 0 Å². The molecule has 1 atom stereocenters. The first-order valence-electron chi connectivity index (χ1n) is 9.54. The van der Waals surface area contributed by atoms with Gasteiger partial charge in [-0.3, -0.25) is 4.79 Å². The molecule has 184 valence electrons. The summed E-state index contributed by atoms with van der Waals surface area (Å²) in [6, 6.07) is 7.99. The molecule has 0 saturated heterocycles. The normalized spacial score (nSPS) is 12.1. The Bertz CT molecular complexity index is 1250. The summed E-state index contributed by atoms with van der Waals surface area (Å²) in [4.78, 5) is 29.1. The van der Waals surface area contributed by atoms with E-state index in [4.69, 9.17) is 32.7 Å². The Morgan fingerprint density at radius 3 is 2.37 bits per heavy atom. The Labute approximate surface area is 204 Å². The minimum absolute atomic E-state index is 0.265. The molecule has 0 aliphatic carbocycles. The number of carbonyl (C=O) groups excluding carboxylic acids is 2. The number of ether oxygens (including phenoxy) is 2. The highest BCUT2D eigenvalue weighted by Crippen LogP contribution is 2.41. The molecule has 0 spiro atoms. The van der Waals surface area contributed by atoms with Crippen molar-refractivity contribution in [1.29, 1.82) is 0 Å². The highest BCUT2D eigenvalue weighted by atomic mass is 35.5. The third kappa shape index (κ3) is 5.98. The van der Waals surface area contributed by atoms with E-state index in [1.165, 1.54) is 36.5 Å². The quantitative estimate of drug-likeness (QED) is 0.223. The number of alkyl halides is 3. The van der Waals surface area contributed by atoms with E-state index in [9.17, 15) is 31.5 Å². The third-order valence-electron chi connectivity index (χ3n) is 4.40. The van der Waals surface area contributed by atoms with E-state index in [2.05, 4.69) is 4.98 Å². The number of para-hydroxylation sites is 1. The zero-order valence-corrected chi connectivity index (χ0v) is 18.9. The predicted molar refractivity (Wildman–Crippen MR) is 116 cm³/mol. The van der Waals surface area contributed by atoms with Crippen LogP contribution in [0.15, 0.2) is 48.7 Å². The molecule has 1 amide bonds. The van der Waals surface area contributed by atoms with Gasteiger partial charge in [0, 0.05) is 12.3 Å². The molecule has 35 heavy (non-hydrogen) atoms. The van der Waals surface area contributed by atoms with Crippen molar-refractivity contribution in [2.45, 2.75) is 19.2 Å². The van der Waals surface area contributed by atoms with E-state index in [1.807, 2.05) is 5.32 Å². The molecule has 6 nitrogen and oxygen atoms in total. The van der Waals surface area contributed by atoms with Crippen LogP contribution in [0.25, 0.3) is 0 Å². The lowest BCUT2D eigenvalue weighted by Gasteiger charge is -2.22. The Morgan fingerprint density at radius 1 is 1.06 bits per heavy atom. The highest BCUT2D eigenvalue weighted by molar-refractivity contribution is 6.36. The van der Waals surface area contributed by atoms with Gasteiger partial charge in [-0.1, -0.05) is 35.3 Å².